The van der Waals surface area contributed by atoms with Crippen LogP contribution in [0.4, 0.5) is 13.5 Å². The second-order valence-corrected chi connectivity index (χ2v) is 27.5. The van der Waals surface area contributed by atoms with Gasteiger partial charge in [0.1, 0.15) is 62.0 Å². The number of aliphatic hydroxyl groups is 1. The summed E-state index contributed by atoms with van der Waals surface area (Å²) >= 11 is 0. The number of halogens is 6. The van der Waals surface area contributed by atoms with Gasteiger partial charge < -0.3 is 74.5 Å². The first kappa shape index (κ1) is 119. The summed E-state index contributed by atoms with van der Waals surface area (Å²) in [6.45, 7) is 35.7. The van der Waals surface area contributed by atoms with Crippen molar-refractivity contribution in [1.82, 2.24) is 29.0 Å². The van der Waals surface area contributed by atoms with Crippen LogP contribution in [-0.4, -0.2) is 98.0 Å². The predicted molar refractivity (Wildman–Crippen MR) is 323 cm³/mol. The van der Waals surface area contributed by atoms with E-state index in [-0.39, 0.29) is 159 Å². The van der Waals surface area contributed by atoms with Crippen molar-refractivity contribution in [1.29, 1.82) is 0 Å². The van der Waals surface area contributed by atoms with Gasteiger partial charge >= 0.3 is 110 Å². The van der Waals surface area contributed by atoms with E-state index in [9.17, 15) is 4.11 Å². The average Bonchev–Trinajstić information content (AvgIpc) is 4.23. The molecule has 0 atom stereocenters. The Morgan fingerprint density at radius 2 is 0.610 bits per heavy atom. The Balaban J connectivity index is -0.0000000473. The largest absolute Gasteiger partial charge is 1.00 e. The minimum absolute atomic E-state index is 0. The third kappa shape index (κ3) is 90.7. The van der Waals surface area contributed by atoms with Gasteiger partial charge in [0.15, 0.2) is 8.24 Å². The van der Waals surface area contributed by atoms with Gasteiger partial charge in [-0.1, -0.05) is 100 Å². The molecule has 8 N–H and O–H groups in total. The quantitative estimate of drug-likeness (QED) is 0.0272. The SMILES string of the molecule is C=N[Si](C)(C)C.CC.CCCCn1cc[n+](C)c1.CCCCn1cc[n+](C)c1.CCCCn1cc[n+](C)c1.CCCCn1cc[n+](C)c1.CCCCn1cc[n+](C)c1.CO.COB(OC)OC.C[Si](C)(C)F.F.F.N.O.O.[Cl-].[Cl-].[F-].[K+].[K+]. The zero-order valence-corrected chi connectivity index (χ0v) is 65.9. The van der Waals surface area contributed by atoms with Crippen molar-refractivity contribution in [3.8, 4) is 0 Å². The van der Waals surface area contributed by atoms with Crippen molar-refractivity contribution < 1.29 is 199 Å². The molecule has 5 rings (SSSR count). The molecule has 0 aliphatic carbocycles. The van der Waals surface area contributed by atoms with Crippen LogP contribution in [0, 0.1) is 0 Å². The molecular weight excluding hydrogens is 1190 g/mol. The maximum Gasteiger partial charge on any atom is 1.00 e. The molecule has 29 heteroatoms. The molecule has 0 amide bonds. The summed E-state index contributed by atoms with van der Waals surface area (Å²) in [6.07, 6.45) is 44.1. The van der Waals surface area contributed by atoms with E-state index in [2.05, 4.69) is 219 Å². The molecule has 18 nitrogen and oxygen atoms in total. The van der Waals surface area contributed by atoms with Gasteiger partial charge in [0.25, 0.3) is 0 Å². The second kappa shape index (κ2) is 82.6. The molecule has 5 aromatic heterocycles. The van der Waals surface area contributed by atoms with Crippen molar-refractivity contribution in [2.45, 2.75) is 185 Å². The maximum absolute atomic E-state index is 11.8. The van der Waals surface area contributed by atoms with Crippen LogP contribution in [0.3, 0.4) is 0 Å². The molecule has 0 radical (unpaired) electrons. The molecule has 5 heterocycles. The van der Waals surface area contributed by atoms with Crippen LogP contribution in [0.15, 0.2) is 98.3 Å². The number of nitrogens with zero attached hydrogens (tertiary/aromatic N) is 11. The van der Waals surface area contributed by atoms with Crippen LogP contribution in [0.2, 0.25) is 39.3 Å². The van der Waals surface area contributed by atoms with Gasteiger partial charge in [0.2, 0.25) is 40.0 Å². The van der Waals surface area contributed by atoms with E-state index in [1.165, 1.54) is 85.5 Å². The molecule has 5 aromatic rings. The summed E-state index contributed by atoms with van der Waals surface area (Å²) in [4.78, 5) is 0. The molecule has 0 spiro atoms. The molecule has 0 saturated carbocycles. The summed E-state index contributed by atoms with van der Waals surface area (Å²) < 4.78 is 50.9. The van der Waals surface area contributed by atoms with Crippen LogP contribution in [0.5, 0.6) is 0 Å². The minimum Gasteiger partial charge on any atom is -1.00 e. The Kier molecular flexibility index (Phi) is 120. The topological polar surface area (TPSA) is 202 Å². The minimum atomic E-state index is -2.11. The fraction of sp³-hybridized carbons (Fsp3) is 0.698. The van der Waals surface area contributed by atoms with Crippen molar-refractivity contribution in [3.05, 3.63) is 93.6 Å². The fourth-order valence-corrected chi connectivity index (χ4v) is 5.16. The first-order valence-corrected chi connectivity index (χ1v) is 33.1. The van der Waals surface area contributed by atoms with Gasteiger partial charge in [-0.15, -0.1) is 0 Å². The average molecular weight is 1320 g/mol. The number of rotatable bonds is 19. The van der Waals surface area contributed by atoms with Gasteiger partial charge in [-0.25, -0.2) is 45.7 Å². The molecule has 482 valence electrons. The van der Waals surface area contributed by atoms with E-state index in [4.69, 9.17) is 5.11 Å². The fourth-order valence-electron chi connectivity index (χ4n) is 5.16. The third-order valence-corrected chi connectivity index (χ3v) is 9.97. The molecule has 0 aliphatic rings. The summed E-state index contributed by atoms with van der Waals surface area (Å²) in [5.41, 5.74) is 0. The first-order valence-electron chi connectivity index (χ1n) is 26.3. The van der Waals surface area contributed by atoms with Crippen LogP contribution in [0.25, 0.3) is 0 Å². The van der Waals surface area contributed by atoms with Crippen LogP contribution < -0.4 is 161 Å². The van der Waals surface area contributed by atoms with Crippen molar-refractivity contribution >= 4 is 30.7 Å². The number of unbranched alkanes of at least 4 members (excludes halogenated alkanes) is 5. The van der Waals surface area contributed by atoms with E-state index in [0.29, 0.717) is 0 Å². The summed E-state index contributed by atoms with van der Waals surface area (Å²) in [7, 11) is 12.0. The Labute approximate surface area is 597 Å². The Morgan fingerprint density at radius 1 is 0.476 bits per heavy atom. The zero-order chi connectivity index (χ0) is 56.4. The van der Waals surface area contributed by atoms with E-state index in [1.54, 1.807) is 19.6 Å². The number of imidazole rings is 5. The molecule has 0 aromatic carbocycles. The first-order chi connectivity index (χ1) is 34.0. The number of aromatic nitrogens is 10. The predicted octanol–water partition coefficient (Wildman–Crippen LogP) is -6.74. The molecule has 0 fully saturated rings. The van der Waals surface area contributed by atoms with E-state index in [1.807, 2.05) is 49.1 Å². The summed E-state index contributed by atoms with van der Waals surface area (Å²) in [6, 6.07) is 0. The molecular formula is C53H123BCl2F4K2N12O6Si2+4. The van der Waals surface area contributed by atoms with E-state index >= 15 is 0 Å². The normalized spacial score (nSPS) is 8.68. The van der Waals surface area contributed by atoms with Gasteiger partial charge in [0.05, 0.1) is 68.0 Å². The monoisotopic (exact) mass is 1310 g/mol. The standard InChI is InChI=1S/5C8H15N2.C4H11NSi.C3H9BO3.C3H9FSi.C2H6.CH4O.2ClH.3FH.2K.H3N.2H2O/c5*1-3-4-5-10-7-6-9(2)8-10;1-5-6(2,3)4;1-5-4(6-2)7-3;1-5(2,3)4;2*1-2;;;;;;;;;;/h5*6-8H,3-5H2,1-2H3;1H2,2-4H3;1-3H3;1-3H3;1-2H3;2H,1H3;5*1H;;;1H3;2*1H2/q5*+1;;;;;;;;;;;2*+1;;;/p-3. The maximum atomic E-state index is 11.8. The summed E-state index contributed by atoms with van der Waals surface area (Å²) in [5, 5.41) is 7.00. The number of aliphatic hydroxyl groups excluding tert-OH is 1. The van der Waals surface area contributed by atoms with Gasteiger partial charge in [-0.05, 0) is 58.5 Å². The van der Waals surface area contributed by atoms with Crippen molar-refractivity contribution in [3.63, 3.8) is 0 Å². The summed E-state index contributed by atoms with van der Waals surface area (Å²) in [5.74, 6) is 0. The van der Waals surface area contributed by atoms with Crippen LogP contribution in [-0.2, 0) is 81.9 Å². The van der Waals surface area contributed by atoms with Gasteiger partial charge in [-0.3, -0.25) is 9.41 Å². The van der Waals surface area contributed by atoms with E-state index in [0.717, 1.165) is 39.8 Å². The number of aryl methyl sites for hydroxylation is 10. The molecule has 0 unspecified atom stereocenters. The third-order valence-electron chi connectivity index (χ3n) is 9.02. The van der Waals surface area contributed by atoms with Gasteiger partial charge in [-0.2, -0.15) is 0 Å². The van der Waals surface area contributed by atoms with Crippen LogP contribution in [0.1, 0.15) is 113 Å². The van der Waals surface area contributed by atoms with Crippen LogP contribution >= 0.6 is 0 Å². The number of hydrogen-bond donors (Lipinski definition) is 2. The molecule has 0 bridgehead atoms. The Bertz CT molecular complexity index is 1640. The molecule has 0 saturated heterocycles. The zero-order valence-electron chi connectivity index (χ0n) is 56.2. The smallest absolute Gasteiger partial charge is 1.00 e. The Hall–Kier alpha value is -0.489. The Morgan fingerprint density at radius 3 is 0.671 bits per heavy atom. The van der Waals surface area contributed by atoms with E-state index < -0.39 is 24.0 Å². The second-order valence-electron chi connectivity index (χ2n) is 18.7. The molecule has 82 heavy (non-hydrogen) atoms. The van der Waals surface area contributed by atoms with Crippen molar-refractivity contribution in [2.75, 3.05) is 28.4 Å². The van der Waals surface area contributed by atoms with Crippen molar-refractivity contribution in [2.24, 2.45) is 39.9 Å². The number of hydrogen-bond acceptors (Lipinski definition) is 6. The molecule has 0 aliphatic heterocycles. The van der Waals surface area contributed by atoms with Gasteiger partial charge in [0, 0.05) is 28.4 Å².